The van der Waals surface area contributed by atoms with Crippen molar-refractivity contribution < 1.29 is 8.42 Å². The summed E-state index contributed by atoms with van der Waals surface area (Å²) in [5, 5.41) is 6.71. The van der Waals surface area contributed by atoms with Crippen molar-refractivity contribution in [2.45, 2.75) is 50.1 Å². The van der Waals surface area contributed by atoms with Gasteiger partial charge in [0.15, 0.2) is 0 Å². The summed E-state index contributed by atoms with van der Waals surface area (Å²) >= 11 is 1.53. The fourth-order valence-electron chi connectivity index (χ4n) is 3.80. The lowest BCUT2D eigenvalue weighted by atomic mass is 10.2. The summed E-state index contributed by atoms with van der Waals surface area (Å²) in [4.78, 5) is 1.21. The summed E-state index contributed by atoms with van der Waals surface area (Å²) in [6.45, 7) is 2.65. The first-order chi connectivity index (χ1) is 13.6. The summed E-state index contributed by atoms with van der Waals surface area (Å²) in [5.74, 6) is 0. The van der Waals surface area contributed by atoms with Crippen LogP contribution in [0.5, 0.6) is 0 Å². The molecular formula is C21H25N3O2S2. The molecule has 5 nitrogen and oxygen atoms in total. The van der Waals surface area contributed by atoms with Gasteiger partial charge in [-0.25, -0.2) is 8.42 Å². The van der Waals surface area contributed by atoms with Gasteiger partial charge >= 0.3 is 0 Å². The predicted octanol–water partition coefficient (Wildman–Crippen LogP) is 4.94. The van der Waals surface area contributed by atoms with Crippen molar-refractivity contribution in [2.24, 2.45) is 0 Å². The Morgan fingerprint density at radius 2 is 1.89 bits per heavy atom. The van der Waals surface area contributed by atoms with E-state index < -0.39 is 10.0 Å². The van der Waals surface area contributed by atoms with Gasteiger partial charge in [-0.05, 0) is 29.9 Å². The Morgan fingerprint density at radius 1 is 1.14 bits per heavy atom. The van der Waals surface area contributed by atoms with Crippen LogP contribution in [0, 0.1) is 0 Å². The van der Waals surface area contributed by atoms with Crippen LogP contribution < -0.4 is 0 Å². The fourth-order valence-corrected chi connectivity index (χ4v) is 6.16. The molecular weight excluding hydrogens is 390 g/mol. The highest BCUT2D eigenvalue weighted by molar-refractivity contribution is 7.89. The average molecular weight is 416 g/mol. The number of thiophene rings is 1. The Labute approximate surface area is 170 Å². The van der Waals surface area contributed by atoms with Crippen LogP contribution in [-0.4, -0.2) is 29.0 Å². The zero-order valence-electron chi connectivity index (χ0n) is 16.0. The van der Waals surface area contributed by atoms with Crippen LogP contribution in [0.2, 0.25) is 0 Å². The largest absolute Gasteiger partial charge is 0.268 e. The van der Waals surface area contributed by atoms with Gasteiger partial charge in [0.2, 0.25) is 10.0 Å². The molecule has 0 amide bonds. The highest BCUT2D eigenvalue weighted by atomic mass is 32.2. The average Bonchev–Trinajstić information content (AvgIpc) is 3.47. The van der Waals surface area contributed by atoms with E-state index in [9.17, 15) is 8.42 Å². The molecule has 0 radical (unpaired) electrons. The van der Waals surface area contributed by atoms with E-state index in [0.29, 0.717) is 29.7 Å². The molecule has 0 N–H and O–H groups in total. The van der Waals surface area contributed by atoms with E-state index in [4.69, 9.17) is 5.10 Å². The van der Waals surface area contributed by atoms with E-state index in [1.807, 2.05) is 59.5 Å². The third-order valence-electron chi connectivity index (χ3n) is 5.32. The van der Waals surface area contributed by atoms with Crippen molar-refractivity contribution in [2.75, 3.05) is 6.54 Å². The Morgan fingerprint density at radius 3 is 2.54 bits per heavy atom. The minimum Gasteiger partial charge on any atom is -0.268 e. The Hall–Kier alpha value is -1.96. The molecule has 7 heteroatoms. The smallest absolute Gasteiger partial charge is 0.247 e. The molecule has 28 heavy (non-hydrogen) atoms. The lowest BCUT2D eigenvalue weighted by Crippen LogP contribution is -2.30. The molecule has 3 aromatic rings. The van der Waals surface area contributed by atoms with Crippen LogP contribution in [0.4, 0.5) is 0 Å². The summed E-state index contributed by atoms with van der Waals surface area (Å²) in [6, 6.07) is 13.9. The number of nitrogens with zero attached hydrogens (tertiary/aromatic N) is 3. The van der Waals surface area contributed by atoms with Crippen LogP contribution in [-0.2, 0) is 16.6 Å². The number of sulfonamides is 1. The maximum absolute atomic E-state index is 13.6. The van der Waals surface area contributed by atoms with Gasteiger partial charge in [0, 0.05) is 19.3 Å². The van der Waals surface area contributed by atoms with E-state index in [0.717, 1.165) is 23.3 Å². The van der Waals surface area contributed by atoms with Crippen LogP contribution in [0.25, 0.3) is 10.6 Å². The quantitative estimate of drug-likeness (QED) is 0.549. The van der Waals surface area contributed by atoms with E-state index in [2.05, 4.69) is 0 Å². The fraction of sp³-hybridized carbons (Fsp3) is 0.381. The lowest BCUT2D eigenvalue weighted by Gasteiger charge is -2.20. The highest BCUT2D eigenvalue weighted by Gasteiger charge is 2.31. The van der Waals surface area contributed by atoms with Crippen molar-refractivity contribution in [3.63, 3.8) is 0 Å². The predicted molar refractivity (Wildman–Crippen MR) is 113 cm³/mol. The van der Waals surface area contributed by atoms with Crippen LogP contribution >= 0.6 is 11.3 Å². The molecule has 1 saturated carbocycles. The monoisotopic (exact) mass is 415 g/mol. The van der Waals surface area contributed by atoms with Gasteiger partial charge in [-0.15, -0.1) is 11.3 Å². The van der Waals surface area contributed by atoms with Crippen LogP contribution in [0.1, 0.15) is 44.2 Å². The van der Waals surface area contributed by atoms with Crippen LogP contribution in [0.15, 0.2) is 58.9 Å². The van der Waals surface area contributed by atoms with Gasteiger partial charge in [-0.3, -0.25) is 4.68 Å². The Balaban J connectivity index is 1.74. The van der Waals surface area contributed by atoms with E-state index in [-0.39, 0.29) is 0 Å². The van der Waals surface area contributed by atoms with Crippen molar-refractivity contribution in [3.05, 3.63) is 59.6 Å². The summed E-state index contributed by atoms with van der Waals surface area (Å²) < 4.78 is 30.6. The zero-order chi connectivity index (χ0) is 19.6. The first kappa shape index (κ1) is 19.4. The van der Waals surface area contributed by atoms with Gasteiger partial charge in [-0.1, -0.05) is 56.2 Å². The van der Waals surface area contributed by atoms with Crippen LogP contribution in [0.3, 0.4) is 0 Å². The number of hydrogen-bond donors (Lipinski definition) is 0. The molecule has 2 heterocycles. The SMILES string of the molecule is CCN(Cc1ccccc1)S(=O)(=O)c1cn(C2CCCC2)nc1-c1cccs1. The molecule has 0 spiro atoms. The van der Waals surface area contributed by atoms with E-state index >= 15 is 0 Å². The first-order valence-corrected chi connectivity index (χ1v) is 12.1. The van der Waals surface area contributed by atoms with Gasteiger partial charge in [-0.2, -0.15) is 9.40 Å². The third-order valence-corrected chi connectivity index (χ3v) is 8.12. The number of benzene rings is 1. The second-order valence-corrected chi connectivity index (χ2v) is 10.0. The van der Waals surface area contributed by atoms with E-state index in [1.165, 1.54) is 28.5 Å². The molecule has 0 atom stereocenters. The number of hydrogen-bond acceptors (Lipinski definition) is 4. The van der Waals surface area contributed by atoms with Gasteiger partial charge in [0.25, 0.3) is 0 Å². The molecule has 0 unspecified atom stereocenters. The summed E-state index contributed by atoms with van der Waals surface area (Å²) in [7, 11) is -3.66. The standard InChI is InChI=1S/C21H25N3O2S2/c1-2-23(15-17-9-4-3-5-10-17)28(25,26)20-16-24(18-11-6-7-12-18)22-21(20)19-13-8-14-27-19/h3-5,8-10,13-14,16,18H,2,6-7,11-12,15H2,1H3. The maximum Gasteiger partial charge on any atom is 0.247 e. The topological polar surface area (TPSA) is 55.2 Å². The third kappa shape index (κ3) is 3.79. The van der Waals surface area contributed by atoms with Crippen molar-refractivity contribution in [1.82, 2.24) is 14.1 Å². The minimum absolute atomic E-state index is 0.298. The molecule has 1 aromatic carbocycles. The normalized spacial score (nSPS) is 15.5. The lowest BCUT2D eigenvalue weighted by molar-refractivity contribution is 0.423. The van der Waals surface area contributed by atoms with Gasteiger partial charge < -0.3 is 0 Å². The zero-order valence-corrected chi connectivity index (χ0v) is 17.6. The number of rotatable bonds is 7. The molecule has 0 bridgehead atoms. The van der Waals surface area contributed by atoms with Gasteiger partial charge in [0.05, 0.1) is 10.9 Å². The first-order valence-electron chi connectivity index (χ1n) is 9.76. The molecule has 0 saturated heterocycles. The second-order valence-electron chi connectivity index (χ2n) is 7.15. The van der Waals surface area contributed by atoms with Crippen molar-refractivity contribution in [3.8, 4) is 10.6 Å². The highest BCUT2D eigenvalue weighted by Crippen LogP contribution is 2.36. The Kier molecular flexibility index (Phi) is 5.66. The summed E-state index contributed by atoms with van der Waals surface area (Å²) in [6.07, 6.45) is 6.24. The van der Waals surface area contributed by atoms with Gasteiger partial charge in [0.1, 0.15) is 10.6 Å². The second kappa shape index (κ2) is 8.19. The van der Waals surface area contributed by atoms with Crippen molar-refractivity contribution >= 4 is 21.4 Å². The molecule has 4 rings (SSSR count). The van der Waals surface area contributed by atoms with Crippen molar-refractivity contribution in [1.29, 1.82) is 0 Å². The molecule has 148 valence electrons. The number of aromatic nitrogens is 2. The Bertz CT molecular complexity index is 1010. The summed E-state index contributed by atoms with van der Waals surface area (Å²) in [5.41, 5.74) is 1.56. The van der Waals surface area contributed by atoms with E-state index in [1.54, 1.807) is 6.20 Å². The molecule has 1 fully saturated rings. The molecule has 1 aliphatic rings. The maximum atomic E-state index is 13.6. The minimum atomic E-state index is -3.66. The molecule has 2 aromatic heterocycles. The molecule has 0 aliphatic heterocycles. The molecule has 1 aliphatic carbocycles.